The van der Waals surface area contributed by atoms with E-state index < -0.39 is 52.6 Å². The number of sulfonamides is 1. The summed E-state index contributed by atoms with van der Waals surface area (Å²) >= 11 is 0. The van der Waals surface area contributed by atoms with Gasteiger partial charge in [-0.25, -0.2) is 13.1 Å². The molecule has 42 heavy (non-hydrogen) atoms. The van der Waals surface area contributed by atoms with E-state index in [0.717, 1.165) is 44.1 Å². The molecule has 1 aromatic rings. The molecule has 2 atom stereocenters. The van der Waals surface area contributed by atoms with Crippen LogP contribution in [-0.2, 0) is 35.6 Å². The predicted octanol–water partition coefficient (Wildman–Crippen LogP) is 3.06. The summed E-state index contributed by atoms with van der Waals surface area (Å²) in [5, 5.41) is 14.7. The first-order valence-electron chi connectivity index (χ1n) is 15.0. The van der Waals surface area contributed by atoms with Gasteiger partial charge in [0.25, 0.3) is 0 Å². The van der Waals surface area contributed by atoms with Gasteiger partial charge in [-0.05, 0) is 66.8 Å². The summed E-state index contributed by atoms with van der Waals surface area (Å²) < 4.78 is 28.4. The van der Waals surface area contributed by atoms with Gasteiger partial charge in [0.2, 0.25) is 21.8 Å². The van der Waals surface area contributed by atoms with Crippen LogP contribution in [0, 0.1) is 28.6 Å². The number of carbonyl (C=O) groups is 4. The Balaban J connectivity index is 1.54. The van der Waals surface area contributed by atoms with Crippen LogP contribution < -0.4 is 15.4 Å². The number of aryl methyl sites for hydroxylation is 1. The van der Waals surface area contributed by atoms with Crippen molar-refractivity contribution in [3.8, 4) is 0 Å². The zero-order chi connectivity index (χ0) is 31.1. The minimum atomic E-state index is -3.82. The smallest absolute Gasteiger partial charge is 0.305 e. The van der Waals surface area contributed by atoms with Gasteiger partial charge in [0.05, 0.1) is 24.8 Å². The van der Waals surface area contributed by atoms with Crippen LogP contribution in [0.15, 0.2) is 30.3 Å². The van der Waals surface area contributed by atoms with Crippen molar-refractivity contribution in [3.05, 3.63) is 35.9 Å². The average Bonchev–Trinajstić information content (AvgIpc) is 3.29. The number of rotatable bonds is 17. The van der Waals surface area contributed by atoms with Crippen molar-refractivity contribution in [1.82, 2.24) is 15.4 Å². The molecule has 0 aliphatic heterocycles. The molecule has 2 aliphatic rings. The molecule has 2 fully saturated rings. The Hall–Kier alpha value is -2.79. The van der Waals surface area contributed by atoms with E-state index in [-0.39, 0.29) is 34.8 Å². The van der Waals surface area contributed by atoms with E-state index in [1.54, 1.807) is 13.8 Å². The first-order chi connectivity index (χ1) is 19.7. The molecular weight excluding hydrogens is 558 g/mol. The number of nitrogens with one attached hydrogen (secondary N) is 3. The highest BCUT2D eigenvalue weighted by Gasteiger charge is 2.60. The molecule has 10 nitrogen and oxygen atoms in total. The molecule has 0 radical (unpaired) electrons. The number of ketones is 1. The lowest BCUT2D eigenvalue weighted by atomic mass is 9.71. The topological polar surface area (TPSA) is 159 Å². The van der Waals surface area contributed by atoms with Crippen LogP contribution in [0.2, 0.25) is 0 Å². The maximum Gasteiger partial charge on any atom is 0.305 e. The summed E-state index contributed by atoms with van der Waals surface area (Å²) in [5.74, 6) is -3.61. The van der Waals surface area contributed by atoms with Crippen LogP contribution in [0.1, 0.15) is 78.2 Å². The lowest BCUT2D eigenvalue weighted by Crippen LogP contribution is -2.50. The number of hydrogen-bond acceptors (Lipinski definition) is 6. The predicted molar refractivity (Wildman–Crippen MR) is 160 cm³/mol. The standard InChI is InChI=1S/C31H47N3O7S/c1-21(2)24(17-27(36)32-16-8-11-22-9-6-5-7-10-22)29(39)34-25(18-28(37)38)26(35)19-33-42(40,41)20-31-14-12-23(13-15-31)30(31,3)4/h5-7,9-10,21,23-25,33H,8,11-20H2,1-4H3,(H,32,36)(H,34,39)(H,37,38). The molecule has 1 aromatic carbocycles. The number of hydrogen-bond donors (Lipinski definition) is 4. The van der Waals surface area contributed by atoms with Gasteiger partial charge in [0, 0.05) is 18.9 Å². The fraction of sp³-hybridized carbons (Fsp3) is 0.677. The van der Waals surface area contributed by atoms with E-state index in [4.69, 9.17) is 0 Å². The third-order valence-corrected chi connectivity index (χ3v) is 11.2. The number of fused-ring (bicyclic) bond motifs is 2. The van der Waals surface area contributed by atoms with Crippen molar-refractivity contribution < 1.29 is 32.7 Å². The fourth-order valence-corrected chi connectivity index (χ4v) is 8.64. The van der Waals surface area contributed by atoms with Gasteiger partial charge in [0.15, 0.2) is 5.78 Å². The Morgan fingerprint density at radius 2 is 1.67 bits per heavy atom. The van der Waals surface area contributed by atoms with E-state index in [2.05, 4.69) is 29.2 Å². The zero-order valence-electron chi connectivity index (χ0n) is 25.3. The molecule has 234 valence electrons. The quantitative estimate of drug-likeness (QED) is 0.199. The van der Waals surface area contributed by atoms with Gasteiger partial charge in [-0.3, -0.25) is 19.2 Å². The number of benzene rings is 1. The van der Waals surface area contributed by atoms with Crippen molar-refractivity contribution in [2.75, 3.05) is 18.8 Å². The van der Waals surface area contributed by atoms with Crippen LogP contribution in [-0.4, -0.2) is 62.0 Å². The molecule has 3 rings (SSSR count). The van der Waals surface area contributed by atoms with E-state index >= 15 is 0 Å². The van der Waals surface area contributed by atoms with Crippen LogP contribution in [0.5, 0.6) is 0 Å². The largest absolute Gasteiger partial charge is 0.481 e. The Labute approximate surface area is 249 Å². The van der Waals surface area contributed by atoms with Gasteiger partial charge in [-0.2, -0.15) is 0 Å². The molecule has 0 heterocycles. The first-order valence-corrected chi connectivity index (χ1v) is 16.6. The summed E-state index contributed by atoms with van der Waals surface area (Å²) in [6.07, 6.45) is 4.38. The third kappa shape index (κ3) is 8.63. The molecule has 0 aromatic heterocycles. The van der Waals surface area contributed by atoms with Gasteiger partial charge >= 0.3 is 5.97 Å². The SMILES string of the molecule is CC(C)C(CC(=O)NCCCc1ccccc1)C(=O)NC(CC(=O)O)C(=O)CNS(=O)(=O)CC12CCC(CC1)C2(C)C. The Morgan fingerprint density at radius 3 is 2.21 bits per heavy atom. The third-order valence-electron chi connectivity index (χ3n) is 9.70. The highest BCUT2D eigenvalue weighted by atomic mass is 32.2. The molecule has 2 amide bonds. The maximum atomic E-state index is 13.1. The highest BCUT2D eigenvalue weighted by molar-refractivity contribution is 7.89. The van der Waals surface area contributed by atoms with Gasteiger partial charge < -0.3 is 15.7 Å². The number of carboxylic acid groups (broad SMARTS) is 1. The number of carboxylic acids is 1. The average molecular weight is 606 g/mol. The molecule has 2 unspecified atom stereocenters. The Bertz CT molecular complexity index is 1220. The molecule has 2 saturated carbocycles. The summed E-state index contributed by atoms with van der Waals surface area (Å²) in [6, 6.07) is 8.45. The molecule has 0 spiro atoms. The van der Waals surface area contributed by atoms with Crippen LogP contribution in [0.3, 0.4) is 0 Å². The van der Waals surface area contributed by atoms with Crippen molar-refractivity contribution in [2.24, 2.45) is 28.6 Å². The molecule has 11 heteroatoms. The van der Waals surface area contributed by atoms with Gasteiger partial charge in [-0.1, -0.05) is 58.0 Å². The second kappa shape index (κ2) is 14.1. The summed E-state index contributed by atoms with van der Waals surface area (Å²) in [4.78, 5) is 50.3. The van der Waals surface area contributed by atoms with E-state index in [9.17, 15) is 32.7 Å². The fourth-order valence-electron chi connectivity index (χ4n) is 6.79. The van der Waals surface area contributed by atoms with E-state index in [0.29, 0.717) is 12.5 Å². The molecular formula is C31H47N3O7S. The second-order valence-electron chi connectivity index (χ2n) is 13.0. The summed E-state index contributed by atoms with van der Waals surface area (Å²) in [7, 11) is -3.82. The number of aliphatic carboxylic acids is 1. The minimum Gasteiger partial charge on any atom is -0.481 e. The maximum absolute atomic E-state index is 13.1. The van der Waals surface area contributed by atoms with Crippen LogP contribution >= 0.6 is 0 Å². The molecule has 4 N–H and O–H groups in total. The molecule has 2 bridgehead atoms. The van der Waals surface area contributed by atoms with Crippen LogP contribution in [0.4, 0.5) is 0 Å². The first kappa shape index (κ1) is 33.7. The van der Waals surface area contributed by atoms with Crippen molar-refractivity contribution >= 4 is 33.6 Å². The van der Waals surface area contributed by atoms with Crippen molar-refractivity contribution in [3.63, 3.8) is 0 Å². The molecule has 2 aliphatic carbocycles. The van der Waals surface area contributed by atoms with Gasteiger partial charge in [0.1, 0.15) is 0 Å². The lowest BCUT2D eigenvalue weighted by molar-refractivity contribution is -0.141. The van der Waals surface area contributed by atoms with Crippen molar-refractivity contribution in [2.45, 2.75) is 85.1 Å². The molecule has 0 saturated heterocycles. The lowest BCUT2D eigenvalue weighted by Gasteiger charge is -2.37. The Morgan fingerprint density at radius 1 is 1.02 bits per heavy atom. The van der Waals surface area contributed by atoms with Crippen LogP contribution in [0.25, 0.3) is 0 Å². The van der Waals surface area contributed by atoms with Crippen molar-refractivity contribution in [1.29, 1.82) is 0 Å². The zero-order valence-corrected chi connectivity index (χ0v) is 26.1. The van der Waals surface area contributed by atoms with E-state index in [1.165, 1.54) is 0 Å². The number of carbonyl (C=O) groups excluding carboxylic acids is 3. The summed E-state index contributed by atoms with van der Waals surface area (Å²) in [5.41, 5.74) is 0.719. The number of Topliss-reactive ketones (excluding diaryl/α,β-unsaturated/α-hetero) is 1. The van der Waals surface area contributed by atoms with Gasteiger partial charge in [-0.15, -0.1) is 0 Å². The summed E-state index contributed by atoms with van der Waals surface area (Å²) in [6.45, 7) is 7.60. The monoisotopic (exact) mass is 605 g/mol. The van der Waals surface area contributed by atoms with E-state index in [1.807, 2.05) is 30.3 Å². The number of amides is 2. The highest BCUT2D eigenvalue weighted by Crippen LogP contribution is 2.66. The second-order valence-corrected chi connectivity index (χ2v) is 14.8. The minimum absolute atomic E-state index is 0.0807. The Kier molecular flexibility index (Phi) is 11.3. The normalized spacial score (nSPS) is 22.5.